The van der Waals surface area contributed by atoms with Gasteiger partial charge in [-0.1, -0.05) is 104 Å². The van der Waals surface area contributed by atoms with Crippen LogP contribution in [0.1, 0.15) is 37.3 Å². The molecule has 0 saturated carbocycles. The highest BCUT2D eigenvalue weighted by Crippen LogP contribution is 2.35. The molecular formula is C31H28ClN3O2S2. The number of carbonyl (C=O) groups excluding carboxylic acids is 1. The molecule has 0 N–H and O–H groups in total. The van der Waals surface area contributed by atoms with Gasteiger partial charge in [-0.2, -0.15) is 5.10 Å². The van der Waals surface area contributed by atoms with Crippen LogP contribution in [-0.4, -0.2) is 31.5 Å². The smallest absolute Gasteiger partial charge is 0.266 e. The quantitative estimate of drug-likeness (QED) is 0.109. The molecule has 0 atom stereocenters. The Balaban J connectivity index is 1.47. The largest absolute Gasteiger partial charge is 0.489 e. The molecule has 2 heterocycles. The summed E-state index contributed by atoms with van der Waals surface area (Å²) in [6.45, 7) is 3.15. The van der Waals surface area contributed by atoms with Gasteiger partial charge in [-0.25, -0.2) is 4.68 Å². The van der Waals surface area contributed by atoms with E-state index in [0.29, 0.717) is 33.1 Å². The highest BCUT2D eigenvalue weighted by molar-refractivity contribution is 8.26. The second-order valence-corrected chi connectivity index (χ2v) is 11.2. The molecule has 1 aromatic heterocycles. The Morgan fingerprint density at radius 2 is 1.82 bits per heavy atom. The van der Waals surface area contributed by atoms with E-state index in [4.69, 9.17) is 33.7 Å². The number of hydrogen-bond donors (Lipinski definition) is 0. The third kappa shape index (κ3) is 6.44. The summed E-state index contributed by atoms with van der Waals surface area (Å²) in [6, 6.07) is 25.4. The Kier molecular flexibility index (Phi) is 8.81. The summed E-state index contributed by atoms with van der Waals surface area (Å²) >= 11 is 13.2. The van der Waals surface area contributed by atoms with E-state index in [1.807, 2.05) is 95.8 Å². The van der Waals surface area contributed by atoms with Gasteiger partial charge < -0.3 is 4.74 Å². The summed E-state index contributed by atoms with van der Waals surface area (Å²) in [5, 5.41) is 5.59. The molecule has 0 spiro atoms. The topological polar surface area (TPSA) is 47.4 Å². The third-order valence-electron chi connectivity index (χ3n) is 6.37. The monoisotopic (exact) mass is 573 g/mol. The van der Waals surface area contributed by atoms with Crippen molar-refractivity contribution in [1.82, 2.24) is 14.7 Å². The molecule has 0 radical (unpaired) electrons. The highest BCUT2D eigenvalue weighted by atomic mass is 35.5. The molecule has 198 valence electrons. The molecular weight excluding hydrogens is 546 g/mol. The molecule has 1 aliphatic heterocycles. The van der Waals surface area contributed by atoms with Gasteiger partial charge in [-0.15, -0.1) is 0 Å². The van der Waals surface area contributed by atoms with Gasteiger partial charge in [0, 0.05) is 34.5 Å². The van der Waals surface area contributed by atoms with Crippen LogP contribution < -0.4 is 4.74 Å². The molecule has 1 saturated heterocycles. The van der Waals surface area contributed by atoms with Crippen LogP contribution in [0.15, 0.2) is 90.0 Å². The van der Waals surface area contributed by atoms with Crippen LogP contribution in [0.5, 0.6) is 5.75 Å². The van der Waals surface area contributed by atoms with Crippen LogP contribution in [0, 0.1) is 0 Å². The summed E-state index contributed by atoms with van der Waals surface area (Å²) in [5.74, 6) is 0.659. The van der Waals surface area contributed by atoms with Crippen molar-refractivity contribution in [3.05, 3.63) is 106 Å². The number of rotatable bonds is 10. The molecule has 8 heteroatoms. The minimum absolute atomic E-state index is 0.0451. The molecule has 0 bridgehead atoms. The third-order valence-corrected chi connectivity index (χ3v) is 8.11. The van der Waals surface area contributed by atoms with E-state index in [1.165, 1.54) is 11.8 Å². The van der Waals surface area contributed by atoms with E-state index in [9.17, 15) is 4.79 Å². The average Bonchev–Trinajstić information content (AvgIpc) is 3.49. The fourth-order valence-electron chi connectivity index (χ4n) is 4.29. The van der Waals surface area contributed by atoms with Crippen molar-refractivity contribution in [2.45, 2.75) is 32.8 Å². The molecule has 1 amide bonds. The number of hydrogen-bond acceptors (Lipinski definition) is 5. The molecule has 5 rings (SSSR count). The van der Waals surface area contributed by atoms with Crippen molar-refractivity contribution in [3.63, 3.8) is 0 Å². The SMILES string of the molecule is CCCCCN1C(=O)/C(=C/c2cn(-c3ccccc3)nc2-c2cccc(OCc3ccccc3Cl)c2)SC1=S. The normalized spacial score (nSPS) is 14.4. The lowest BCUT2D eigenvalue weighted by molar-refractivity contribution is -0.122. The van der Waals surface area contributed by atoms with Crippen molar-refractivity contribution in [1.29, 1.82) is 0 Å². The van der Waals surface area contributed by atoms with Gasteiger partial charge in [0.2, 0.25) is 0 Å². The Morgan fingerprint density at radius 1 is 1.03 bits per heavy atom. The first kappa shape index (κ1) is 27.2. The van der Waals surface area contributed by atoms with E-state index in [-0.39, 0.29) is 5.91 Å². The number of amides is 1. The van der Waals surface area contributed by atoms with Crippen molar-refractivity contribution in [2.75, 3.05) is 6.54 Å². The molecule has 1 fully saturated rings. The van der Waals surface area contributed by atoms with E-state index >= 15 is 0 Å². The Bertz CT molecular complexity index is 1520. The number of nitrogens with zero attached hydrogens (tertiary/aromatic N) is 3. The van der Waals surface area contributed by atoms with Crippen LogP contribution >= 0.6 is 35.6 Å². The number of halogens is 1. The lowest BCUT2D eigenvalue weighted by atomic mass is 10.1. The fraction of sp³-hybridized carbons (Fsp3) is 0.194. The first-order valence-electron chi connectivity index (χ1n) is 12.9. The molecule has 3 aromatic carbocycles. The van der Waals surface area contributed by atoms with E-state index in [2.05, 4.69) is 6.92 Å². The number of unbranched alkanes of at least 4 members (excludes halogenated alkanes) is 2. The Hall–Kier alpha value is -3.39. The molecule has 0 unspecified atom stereocenters. The molecule has 5 nitrogen and oxygen atoms in total. The van der Waals surface area contributed by atoms with Crippen molar-refractivity contribution in [2.24, 2.45) is 0 Å². The van der Waals surface area contributed by atoms with Crippen LogP contribution in [0.25, 0.3) is 23.0 Å². The second-order valence-electron chi connectivity index (χ2n) is 9.16. The van der Waals surface area contributed by atoms with Crippen LogP contribution in [0.4, 0.5) is 0 Å². The first-order chi connectivity index (χ1) is 19.0. The number of aromatic nitrogens is 2. The number of carbonyl (C=O) groups is 1. The van der Waals surface area contributed by atoms with Gasteiger partial charge in [-0.3, -0.25) is 9.69 Å². The summed E-state index contributed by atoms with van der Waals surface area (Å²) in [7, 11) is 0. The van der Waals surface area contributed by atoms with Gasteiger partial charge in [0.1, 0.15) is 22.4 Å². The van der Waals surface area contributed by atoms with Crippen LogP contribution in [0.2, 0.25) is 5.02 Å². The lowest BCUT2D eigenvalue weighted by Gasteiger charge is -2.13. The maximum Gasteiger partial charge on any atom is 0.266 e. The van der Waals surface area contributed by atoms with Gasteiger partial charge >= 0.3 is 0 Å². The van der Waals surface area contributed by atoms with E-state index in [0.717, 1.165) is 47.3 Å². The minimum atomic E-state index is -0.0451. The predicted molar refractivity (Wildman–Crippen MR) is 164 cm³/mol. The van der Waals surface area contributed by atoms with Gasteiger partial charge in [-0.05, 0) is 42.8 Å². The van der Waals surface area contributed by atoms with Crippen LogP contribution in [0.3, 0.4) is 0 Å². The maximum absolute atomic E-state index is 13.2. The number of para-hydroxylation sites is 1. The second kappa shape index (κ2) is 12.6. The zero-order valence-electron chi connectivity index (χ0n) is 21.5. The summed E-state index contributed by atoms with van der Waals surface area (Å²) in [5.41, 5.74) is 4.30. The number of thiocarbonyl (C=S) groups is 1. The summed E-state index contributed by atoms with van der Waals surface area (Å²) < 4.78 is 8.51. The molecule has 39 heavy (non-hydrogen) atoms. The minimum Gasteiger partial charge on any atom is -0.489 e. The van der Waals surface area contributed by atoms with E-state index < -0.39 is 0 Å². The van der Waals surface area contributed by atoms with Gasteiger partial charge in [0.05, 0.1) is 10.6 Å². The first-order valence-corrected chi connectivity index (χ1v) is 14.5. The molecule has 4 aromatic rings. The molecule has 0 aliphatic carbocycles. The summed E-state index contributed by atoms with van der Waals surface area (Å²) in [4.78, 5) is 15.6. The lowest BCUT2D eigenvalue weighted by Crippen LogP contribution is -2.28. The number of thioether (sulfide) groups is 1. The summed E-state index contributed by atoms with van der Waals surface area (Å²) in [6.07, 6.45) is 6.95. The number of ether oxygens (including phenoxy) is 1. The van der Waals surface area contributed by atoms with Gasteiger partial charge in [0.25, 0.3) is 5.91 Å². The zero-order chi connectivity index (χ0) is 27.2. The Labute approximate surface area is 243 Å². The Morgan fingerprint density at radius 3 is 2.62 bits per heavy atom. The standard InChI is InChI=1S/C31H28ClN3O2S2/c1-2-3-9-17-34-30(36)28(39-31(34)38)19-24-20-35(25-13-5-4-6-14-25)33-29(24)22-12-10-15-26(18-22)37-21-23-11-7-8-16-27(23)32/h4-8,10-16,18-20H,2-3,9,17,21H2,1H3/b28-19-. The number of benzene rings is 3. The highest BCUT2D eigenvalue weighted by Gasteiger charge is 2.32. The predicted octanol–water partition coefficient (Wildman–Crippen LogP) is 8.16. The maximum atomic E-state index is 13.2. The zero-order valence-corrected chi connectivity index (χ0v) is 23.9. The average molecular weight is 574 g/mol. The fourth-order valence-corrected chi connectivity index (χ4v) is 5.78. The molecule has 1 aliphatic rings. The van der Waals surface area contributed by atoms with E-state index in [1.54, 1.807) is 4.90 Å². The van der Waals surface area contributed by atoms with Crippen molar-refractivity contribution >= 4 is 51.9 Å². The van der Waals surface area contributed by atoms with Crippen molar-refractivity contribution < 1.29 is 9.53 Å². The van der Waals surface area contributed by atoms with Crippen molar-refractivity contribution in [3.8, 4) is 22.7 Å². The van der Waals surface area contributed by atoms with Crippen LogP contribution in [-0.2, 0) is 11.4 Å². The van der Waals surface area contributed by atoms with Gasteiger partial charge in [0.15, 0.2) is 0 Å².